The zero-order valence-electron chi connectivity index (χ0n) is 16.7. The number of benzene rings is 1. The third-order valence-electron chi connectivity index (χ3n) is 4.44. The van der Waals surface area contributed by atoms with Crippen molar-refractivity contribution in [2.24, 2.45) is 0 Å². The van der Waals surface area contributed by atoms with Gasteiger partial charge in [0, 0.05) is 24.2 Å². The van der Waals surface area contributed by atoms with Crippen molar-refractivity contribution >= 4 is 18.1 Å². The minimum absolute atomic E-state index is 0.0484. The fourth-order valence-electron chi connectivity index (χ4n) is 2.87. The maximum Gasteiger partial charge on any atom is 0.419 e. The molecule has 0 unspecified atom stereocenters. The summed E-state index contributed by atoms with van der Waals surface area (Å²) >= 11 is 0. The molecule has 1 aromatic carbocycles. The second-order valence-electron chi connectivity index (χ2n) is 6.65. The molecule has 1 N–H and O–H groups in total. The minimum Gasteiger partial charge on any atom is -0.477 e. The van der Waals surface area contributed by atoms with Crippen LogP contribution in [0.15, 0.2) is 71.0 Å². The molecule has 4 rings (SSSR count). The standard InChI is InChI=1S/C23H19N3O5/c1-15-18(25-22(30-15)17-7-3-2-4-8-17)12-13-29-20-11-10-16(14-24-20)6-5-9-19-21(27)26-23(28)31-19/h2-11,14H,12-13H2,1H3,(H,26,27,28). The quantitative estimate of drug-likeness (QED) is 0.583. The van der Waals surface area contributed by atoms with Gasteiger partial charge in [-0.25, -0.2) is 14.8 Å². The second kappa shape index (κ2) is 9.08. The van der Waals surface area contributed by atoms with E-state index in [4.69, 9.17) is 13.9 Å². The summed E-state index contributed by atoms with van der Waals surface area (Å²) in [6, 6.07) is 13.3. The van der Waals surface area contributed by atoms with Gasteiger partial charge < -0.3 is 13.9 Å². The van der Waals surface area contributed by atoms with Crippen LogP contribution in [0.25, 0.3) is 17.5 Å². The number of rotatable bonds is 7. The molecule has 1 saturated heterocycles. The Morgan fingerprint density at radius 3 is 2.68 bits per heavy atom. The molecule has 0 saturated carbocycles. The molecule has 31 heavy (non-hydrogen) atoms. The molecule has 1 aliphatic heterocycles. The number of carbonyl (C=O) groups excluding carboxylic acids is 2. The van der Waals surface area contributed by atoms with E-state index in [0.717, 1.165) is 22.6 Å². The molecule has 0 spiro atoms. The summed E-state index contributed by atoms with van der Waals surface area (Å²) in [5.74, 6) is 1.25. The van der Waals surface area contributed by atoms with Gasteiger partial charge in [0.2, 0.25) is 11.8 Å². The van der Waals surface area contributed by atoms with Crippen molar-refractivity contribution in [3.63, 3.8) is 0 Å². The number of imide groups is 1. The van der Waals surface area contributed by atoms with Crippen LogP contribution in [-0.4, -0.2) is 28.6 Å². The molecule has 8 nitrogen and oxygen atoms in total. The number of ether oxygens (including phenoxy) is 2. The van der Waals surface area contributed by atoms with Crippen LogP contribution in [-0.2, 0) is 16.0 Å². The highest BCUT2D eigenvalue weighted by Crippen LogP contribution is 2.21. The lowest BCUT2D eigenvalue weighted by Gasteiger charge is -2.04. The number of allylic oxidation sites excluding steroid dienone is 2. The normalized spacial score (nSPS) is 14.8. The molecule has 3 aromatic rings. The van der Waals surface area contributed by atoms with Crippen LogP contribution in [0.3, 0.4) is 0 Å². The van der Waals surface area contributed by atoms with E-state index in [9.17, 15) is 9.59 Å². The van der Waals surface area contributed by atoms with Crippen molar-refractivity contribution in [2.45, 2.75) is 13.3 Å². The third kappa shape index (κ3) is 5.05. The van der Waals surface area contributed by atoms with Gasteiger partial charge in [-0.3, -0.25) is 10.1 Å². The fraction of sp³-hybridized carbons (Fsp3) is 0.130. The van der Waals surface area contributed by atoms with Crippen molar-refractivity contribution in [1.29, 1.82) is 0 Å². The molecular formula is C23H19N3O5. The van der Waals surface area contributed by atoms with E-state index in [1.54, 1.807) is 24.4 Å². The number of alkyl carbamates (subject to hydrolysis) is 1. The summed E-state index contributed by atoms with van der Waals surface area (Å²) in [6.07, 6.45) is 6.20. The highest BCUT2D eigenvalue weighted by atomic mass is 16.6. The van der Waals surface area contributed by atoms with Gasteiger partial charge in [-0.15, -0.1) is 0 Å². The molecule has 0 aliphatic carbocycles. The summed E-state index contributed by atoms with van der Waals surface area (Å²) in [4.78, 5) is 31.1. The van der Waals surface area contributed by atoms with E-state index >= 15 is 0 Å². The monoisotopic (exact) mass is 417 g/mol. The number of oxazole rings is 1. The van der Waals surface area contributed by atoms with Gasteiger partial charge in [0.15, 0.2) is 5.76 Å². The van der Waals surface area contributed by atoms with Gasteiger partial charge in [0.25, 0.3) is 5.91 Å². The largest absolute Gasteiger partial charge is 0.477 e. The molecule has 1 aliphatic rings. The van der Waals surface area contributed by atoms with Crippen LogP contribution >= 0.6 is 0 Å². The first-order chi connectivity index (χ1) is 15.1. The Labute approximate surface area is 178 Å². The highest BCUT2D eigenvalue weighted by molar-refractivity contribution is 6.07. The summed E-state index contributed by atoms with van der Waals surface area (Å²) in [7, 11) is 0. The number of pyridine rings is 1. The minimum atomic E-state index is -0.773. The molecule has 2 amide bonds. The Kier molecular flexibility index (Phi) is 5.89. The van der Waals surface area contributed by atoms with Gasteiger partial charge in [-0.2, -0.15) is 0 Å². The summed E-state index contributed by atoms with van der Waals surface area (Å²) in [5, 5.41) is 2.03. The van der Waals surface area contributed by atoms with Crippen LogP contribution in [0.1, 0.15) is 17.0 Å². The first-order valence-corrected chi connectivity index (χ1v) is 9.60. The van der Waals surface area contributed by atoms with Gasteiger partial charge >= 0.3 is 6.09 Å². The van der Waals surface area contributed by atoms with Crippen LogP contribution in [0.2, 0.25) is 0 Å². The molecule has 0 bridgehead atoms. The van der Waals surface area contributed by atoms with Crippen LogP contribution in [0.4, 0.5) is 4.79 Å². The number of hydrogen-bond acceptors (Lipinski definition) is 7. The maximum atomic E-state index is 11.4. The van der Waals surface area contributed by atoms with Crippen molar-refractivity contribution in [3.8, 4) is 17.3 Å². The van der Waals surface area contributed by atoms with Crippen molar-refractivity contribution in [1.82, 2.24) is 15.3 Å². The van der Waals surface area contributed by atoms with Gasteiger partial charge in [0.05, 0.1) is 12.3 Å². The van der Waals surface area contributed by atoms with Gasteiger partial charge in [-0.05, 0) is 36.8 Å². The number of cyclic esters (lactones) is 1. The average Bonchev–Trinajstić information content (AvgIpc) is 3.31. The number of nitrogens with zero attached hydrogens (tertiary/aromatic N) is 2. The molecule has 0 atom stereocenters. The Morgan fingerprint density at radius 2 is 1.97 bits per heavy atom. The van der Waals surface area contributed by atoms with Crippen molar-refractivity contribution in [2.75, 3.05) is 6.61 Å². The number of aryl methyl sites for hydroxylation is 1. The molecule has 0 radical (unpaired) electrons. The number of amides is 2. The zero-order chi connectivity index (χ0) is 21.6. The number of carbonyl (C=O) groups is 2. The van der Waals surface area contributed by atoms with E-state index in [0.29, 0.717) is 24.8 Å². The Morgan fingerprint density at radius 1 is 1.13 bits per heavy atom. The number of aromatic nitrogens is 2. The molecule has 8 heteroatoms. The number of nitrogens with one attached hydrogen (secondary N) is 1. The fourth-order valence-corrected chi connectivity index (χ4v) is 2.87. The van der Waals surface area contributed by atoms with E-state index in [1.165, 1.54) is 6.08 Å². The average molecular weight is 417 g/mol. The van der Waals surface area contributed by atoms with E-state index in [2.05, 4.69) is 9.97 Å². The first-order valence-electron chi connectivity index (χ1n) is 9.60. The van der Waals surface area contributed by atoms with E-state index in [1.807, 2.05) is 48.6 Å². The first kappa shape index (κ1) is 20.1. The zero-order valence-corrected chi connectivity index (χ0v) is 16.7. The van der Waals surface area contributed by atoms with Crippen LogP contribution < -0.4 is 10.1 Å². The lowest BCUT2D eigenvalue weighted by molar-refractivity contribution is -0.116. The predicted molar refractivity (Wildman–Crippen MR) is 112 cm³/mol. The molecule has 3 heterocycles. The lowest BCUT2D eigenvalue weighted by Crippen LogP contribution is -2.18. The third-order valence-corrected chi connectivity index (χ3v) is 4.44. The predicted octanol–water partition coefficient (Wildman–Crippen LogP) is 3.83. The topological polar surface area (TPSA) is 104 Å². The molecule has 156 valence electrons. The summed E-state index contributed by atoms with van der Waals surface area (Å²) in [5.41, 5.74) is 2.59. The van der Waals surface area contributed by atoms with Gasteiger partial charge in [-0.1, -0.05) is 30.4 Å². The lowest BCUT2D eigenvalue weighted by atomic mass is 10.2. The van der Waals surface area contributed by atoms with Crippen molar-refractivity contribution in [3.05, 3.63) is 83.6 Å². The van der Waals surface area contributed by atoms with Crippen LogP contribution in [0, 0.1) is 6.92 Å². The molecular weight excluding hydrogens is 398 g/mol. The summed E-state index contributed by atoms with van der Waals surface area (Å²) < 4.78 is 16.2. The summed E-state index contributed by atoms with van der Waals surface area (Å²) in [6.45, 7) is 2.30. The smallest absolute Gasteiger partial charge is 0.419 e. The second-order valence-corrected chi connectivity index (χ2v) is 6.65. The van der Waals surface area contributed by atoms with E-state index < -0.39 is 12.0 Å². The number of hydrogen-bond donors (Lipinski definition) is 1. The Balaban J connectivity index is 1.30. The SMILES string of the molecule is Cc1oc(-c2ccccc2)nc1CCOc1ccc(C=CC=C2OC(=O)NC2=O)cn1. The molecule has 2 aromatic heterocycles. The highest BCUT2D eigenvalue weighted by Gasteiger charge is 2.25. The molecule has 1 fully saturated rings. The van der Waals surface area contributed by atoms with Gasteiger partial charge in [0.1, 0.15) is 5.76 Å². The van der Waals surface area contributed by atoms with Crippen molar-refractivity contribution < 1.29 is 23.5 Å². The van der Waals surface area contributed by atoms with Crippen LogP contribution in [0.5, 0.6) is 5.88 Å². The Hall–Kier alpha value is -4.20. The van der Waals surface area contributed by atoms with E-state index in [-0.39, 0.29) is 5.76 Å². The Bertz CT molecular complexity index is 1150. The maximum absolute atomic E-state index is 11.4.